The van der Waals surface area contributed by atoms with Crippen molar-refractivity contribution in [1.82, 2.24) is 9.55 Å². The van der Waals surface area contributed by atoms with E-state index in [1.165, 1.54) is 24.3 Å². The molecule has 0 bridgehead atoms. The Morgan fingerprint density at radius 1 is 1.00 bits per heavy atom. The number of imidazole rings is 1. The maximum Gasteiger partial charge on any atom is 0.573 e. The number of alkyl halides is 4. The lowest BCUT2D eigenvalue weighted by Crippen LogP contribution is -2.16. The number of rotatable bonds is 6. The molecule has 8 heteroatoms. The Hall–Kier alpha value is -2.67. The van der Waals surface area contributed by atoms with Gasteiger partial charge in [0.15, 0.2) is 0 Å². The first-order valence-electron chi connectivity index (χ1n) is 8.52. The van der Waals surface area contributed by atoms with Crippen molar-refractivity contribution in [3.63, 3.8) is 0 Å². The average molecular weight is 411 g/mol. The third kappa shape index (κ3) is 4.98. The zero-order valence-corrected chi connectivity index (χ0v) is 16.0. The first-order chi connectivity index (χ1) is 13.2. The number of hydrogen-bond acceptors (Lipinski definition) is 3. The molecule has 4 nitrogen and oxygen atoms in total. The topological polar surface area (TPSA) is 36.3 Å². The fourth-order valence-corrected chi connectivity index (χ4v) is 2.79. The van der Waals surface area contributed by atoms with Crippen LogP contribution in [0.3, 0.4) is 0 Å². The van der Waals surface area contributed by atoms with E-state index >= 15 is 0 Å². The molecule has 1 aromatic heterocycles. The van der Waals surface area contributed by atoms with Crippen LogP contribution in [0.15, 0.2) is 54.7 Å². The van der Waals surface area contributed by atoms with Gasteiger partial charge in [-0.3, -0.25) is 4.57 Å². The summed E-state index contributed by atoms with van der Waals surface area (Å²) in [4.78, 5) is 4.49. The van der Waals surface area contributed by atoms with Gasteiger partial charge in [-0.15, -0.1) is 24.8 Å². The highest BCUT2D eigenvalue weighted by Gasteiger charge is 2.31. The van der Waals surface area contributed by atoms with Crippen molar-refractivity contribution >= 4 is 11.6 Å². The summed E-state index contributed by atoms with van der Waals surface area (Å²) in [5.41, 5.74) is 2.11. The quantitative estimate of drug-likeness (QED) is 0.470. The van der Waals surface area contributed by atoms with Crippen molar-refractivity contribution in [2.75, 3.05) is 0 Å². The second-order valence-corrected chi connectivity index (χ2v) is 6.56. The minimum atomic E-state index is -4.73. The van der Waals surface area contributed by atoms with E-state index in [0.29, 0.717) is 17.1 Å². The normalized spacial score (nSPS) is 11.7. The average Bonchev–Trinajstić information content (AvgIpc) is 3.05. The smallest absolute Gasteiger partial charge is 0.491 e. The molecule has 0 radical (unpaired) electrons. The molecular weight excluding hydrogens is 393 g/mol. The molecule has 0 aliphatic heterocycles. The Bertz CT molecular complexity index is 920. The summed E-state index contributed by atoms with van der Waals surface area (Å²) < 4.78 is 48.4. The van der Waals surface area contributed by atoms with Gasteiger partial charge in [-0.25, -0.2) is 4.98 Å². The summed E-state index contributed by atoms with van der Waals surface area (Å²) >= 11 is 5.93. The third-order valence-electron chi connectivity index (χ3n) is 3.73. The molecule has 0 N–H and O–H groups in total. The summed E-state index contributed by atoms with van der Waals surface area (Å²) in [6, 6.07) is 13.0. The van der Waals surface area contributed by atoms with E-state index in [-0.39, 0.29) is 17.7 Å². The number of benzene rings is 2. The van der Waals surface area contributed by atoms with Crippen LogP contribution in [-0.4, -0.2) is 22.0 Å². The standard InChI is InChI=1S/C20H18ClF3N2O2/c1-13(2)27-17-9-5-16(6-10-17)26-12-15(11-21)25-19(26)14-3-7-18(8-4-14)28-20(22,23)24/h3-10,12-13H,11H2,1-2H3. The number of halogens is 4. The van der Waals surface area contributed by atoms with Crippen molar-refractivity contribution in [3.8, 4) is 28.6 Å². The zero-order chi connectivity index (χ0) is 20.3. The summed E-state index contributed by atoms with van der Waals surface area (Å²) in [5, 5.41) is 0. The Morgan fingerprint density at radius 3 is 2.14 bits per heavy atom. The molecule has 3 aromatic rings. The summed E-state index contributed by atoms with van der Waals surface area (Å²) in [6.45, 7) is 3.89. The Morgan fingerprint density at radius 2 is 1.61 bits per heavy atom. The molecule has 0 saturated heterocycles. The molecule has 0 saturated carbocycles. The van der Waals surface area contributed by atoms with Crippen molar-refractivity contribution < 1.29 is 22.6 Å². The van der Waals surface area contributed by atoms with E-state index in [0.717, 1.165) is 11.4 Å². The van der Waals surface area contributed by atoms with Gasteiger partial charge in [0.2, 0.25) is 0 Å². The third-order valence-corrected chi connectivity index (χ3v) is 4.00. The van der Waals surface area contributed by atoms with Gasteiger partial charge in [-0.2, -0.15) is 0 Å². The first kappa shape index (κ1) is 20.1. The molecule has 28 heavy (non-hydrogen) atoms. The van der Waals surface area contributed by atoms with Crippen molar-refractivity contribution in [1.29, 1.82) is 0 Å². The molecule has 0 atom stereocenters. The van der Waals surface area contributed by atoms with Crippen LogP contribution in [0.4, 0.5) is 13.2 Å². The number of nitrogens with zero attached hydrogens (tertiary/aromatic N) is 2. The number of hydrogen-bond donors (Lipinski definition) is 0. The molecule has 1 heterocycles. The van der Waals surface area contributed by atoms with Crippen LogP contribution in [0, 0.1) is 0 Å². The lowest BCUT2D eigenvalue weighted by molar-refractivity contribution is -0.274. The van der Waals surface area contributed by atoms with E-state index in [9.17, 15) is 13.2 Å². The molecule has 148 valence electrons. The molecular formula is C20H18ClF3N2O2. The van der Waals surface area contributed by atoms with Gasteiger partial charge in [-0.1, -0.05) is 0 Å². The van der Waals surface area contributed by atoms with Crippen LogP contribution in [0.1, 0.15) is 19.5 Å². The Labute approximate surface area is 165 Å². The van der Waals surface area contributed by atoms with Gasteiger partial charge in [0.1, 0.15) is 17.3 Å². The minimum absolute atomic E-state index is 0.0648. The number of aromatic nitrogens is 2. The predicted molar refractivity (Wildman–Crippen MR) is 101 cm³/mol. The highest BCUT2D eigenvalue weighted by atomic mass is 35.5. The maximum atomic E-state index is 12.3. The zero-order valence-electron chi connectivity index (χ0n) is 15.2. The van der Waals surface area contributed by atoms with Gasteiger partial charge in [0.05, 0.1) is 17.7 Å². The molecule has 0 fully saturated rings. The van der Waals surface area contributed by atoms with E-state index < -0.39 is 6.36 Å². The van der Waals surface area contributed by atoms with E-state index in [1.54, 1.807) is 6.20 Å². The van der Waals surface area contributed by atoms with E-state index in [2.05, 4.69) is 9.72 Å². The molecule has 0 spiro atoms. The molecule has 0 amide bonds. The van der Waals surface area contributed by atoms with Gasteiger partial charge < -0.3 is 9.47 Å². The predicted octanol–water partition coefficient (Wildman–Crippen LogP) is 5.96. The fourth-order valence-electron chi connectivity index (χ4n) is 2.66. The van der Waals surface area contributed by atoms with Crippen molar-refractivity contribution in [3.05, 3.63) is 60.4 Å². The Balaban J connectivity index is 1.93. The summed E-state index contributed by atoms with van der Waals surface area (Å²) in [6.07, 6.45) is -2.87. The first-order valence-corrected chi connectivity index (χ1v) is 9.06. The van der Waals surface area contributed by atoms with Crippen LogP contribution in [-0.2, 0) is 5.88 Å². The number of ether oxygens (including phenoxy) is 2. The van der Waals surface area contributed by atoms with E-state index in [4.69, 9.17) is 16.3 Å². The van der Waals surface area contributed by atoms with Crippen LogP contribution in [0.5, 0.6) is 11.5 Å². The second-order valence-electron chi connectivity index (χ2n) is 6.29. The molecule has 2 aromatic carbocycles. The van der Waals surface area contributed by atoms with Crippen LogP contribution < -0.4 is 9.47 Å². The fraction of sp³-hybridized carbons (Fsp3) is 0.250. The molecule has 0 aliphatic rings. The van der Waals surface area contributed by atoms with Crippen LogP contribution in [0.25, 0.3) is 17.1 Å². The highest BCUT2D eigenvalue weighted by molar-refractivity contribution is 6.16. The second kappa shape index (κ2) is 8.14. The Kier molecular flexibility index (Phi) is 5.84. The summed E-state index contributed by atoms with van der Waals surface area (Å²) in [7, 11) is 0. The SMILES string of the molecule is CC(C)Oc1ccc(-n2cc(CCl)nc2-c2ccc(OC(F)(F)F)cc2)cc1. The molecule has 0 unspecified atom stereocenters. The van der Waals surface area contributed by atoms with Crippen molar-refractivity contribution in [2.24, 2.45) is 0 Å². The molecule has 0 aliphatic carbocycles. The van der Waals surface area contributed by atoms with E-state index in [1.807, 2.05) is 42.7 Å². The monoisotopic (exact) mass is 410 g/mol. The largest absolute Gasteiger partial charge is 0.573 e. The molecule has 3 rings (SSSR count). The van der Waals surface area contributed by atoms with Gasteiger partial charge >= 0.3 is 6.36 Å². The lowest BCUT2D eigenvalue weighted by Gasteiger charge is -2.12. The van der Waals surface area contributed by atoms with Gasteiger partial charge in [0.25, 0.3) is 0 Å². The lowest BCUT2D eigenvalue weighted by atomic mass is 10.2. The van der Waals surface area contributed by atoms with Gasteiger partial charge in [0, 0.05) is 17.4 Å². The van der Waals surface area contributed by atoms with Crippen LogP contribution >= 0.6 is 11.6 Å². The van der Waals surface area contributed by atoms with Crippen molar-refractivity contribution in [2.45, 2.75) is 32.2 Å². The maximum absolute atomic E-state index is 12.3. The van der Waals surface area contributed by atoms with Crippen LogP contribution in [0.2, 0.25) is 0 Å². The van der Waals surface area contributed by atoms with Gasteiger partial charge in [-0.05, 0) is 62.4 Å². The highest BCUT2D eigenvalue weighted by Crippen LogP contribution is 2.28. The minimum Gasteiger partial charge on any atom is -0.491 e. The summed E-state index contributed by atoms with van der Waals surface area (Å²) in [5.74, 6) is 1.23.